The molecule has 31 heavy (non-hydrogen) atoms. The molecule has 2 heterocycles. The monoisotopic (exact) mass is 457 g/mol. The standard InChI is InChI=1S/C21H17Cl2N5O3/c22-14-4-3-5-15(12-14)31-13-19(29)24-10-11-30-20-9-8-18-25-26-21(28(18)27-20)16-6-1-2-7-17(16)23/h1-9,12H,10-11,13H2,(H,24,29). The highest BCUT2D eigenvalue weighted by atomic mass is 35.5. The minimum absolute atomic E-state index is 0.119. The molecule has 0 aliphatic carbocycles. The minimum Gasteiger partial charge on any atom is -0.484 e. The predicted octanol–water partition coefficient (Wildman–Crippen LogP) is 3.67. The highest BCUT2D eigenvalue weighted by Gasteiger charge is 2.13. The van der Waals surface area contributed by atoms with E-state index in [-0.39, 0.29) is 25.7 Å². The first-order valence-electron chi connectivity index (χ1n) is 9.35. The summed E-state index contributed by atoms with van der Waals surface area (Å²) in [5.41, 5.74) is 1.28. The third-order valence-electron chi connectivity index (χ3n) is 4.19. The molecule has 0 aliphatic heterocycles. The van der Waals surface area contributed by atoms with Crippen molar-refractivity contribution in [2.75, 3.05) is 19.8 Å². The molecule has 2 aromatic heterocycles. The van der Waals surface area contributed by atoms with Gasteiger partial charge in [0, 0.05) is 16.7 Å². The zero-order valence-corrected chi connectivity index (χ0v) is 17.7. The summed E-state index contributed by atoms with van der Waals surface area (Å²) in [7, 11) is 0. The Labute approximate surface area is 187 Å². The second kappa shape index (κ2) is 9.63. The molecule has 0 aliphatic rings. The molecule has 0 atom stereocenters. The van der Waals surface area contributed by atoms with Crippen LogP contribution in [0.1, 0.15) is 0 Å². The molecule has 4 rings (SSSR count). The van der Waals surface area contributed by atoms with Crippen LogP contribution in [0.2, 0.25) is 10.0 Å². The van der Waals surface area contributed by atoms with E-state index in [4.69, 9.17) is 32.7 Å². The maximum atomic E-state index is 11.9. The molecule has 0 saturated heterocycles. The lowest BCUT2D eigenvalue weighted by Crippen LogP contribution is -2.32. The lowest BCUT2D eigenvalue weighted by atomic mass is 10.2. The minimum atomic E-state index is -0.271. The highest BCUT2D eigenvalue weighted by molar-refractivity contribution is 6.33. The first-order valence-corrected chi connectivity index (χ1v) is 10.1. The van der Waals surface area contributed by atoms with Gasteiger partial charge in [0.15, 0.2) is 18.1 Å². The van der Waals surface area contributed by atoms with Crippen molar-refractivity contribution in [1.29, 1.82) is 0 Å². The van der Waals surface area contributed by atoms with E-state index in [9.17, 15) is 4.79 Å². The fraction of sp³-hybridized carbons (Fsp3) is 0.143. The third-order valence-corrected chi connectivity index (χ3v) is 4.76. The number of halogens is 2. The molecule has 10 heteroatoms. The molecule has 158 valence electrons. The van der Waals surface area contributed by atoms with Gasteiger partial charge in [0.2, 0.25) is 5.88 Å². The summed E-state index contributed by atoms with van der Waals surface area (Å²) in [4.78, 5) is 11.9. The number of aromatic nitrogens is 4. The maximum Gasteiger partial charge on any atom is 0.258 e. The molecule has 1 N–H and O–H groups in total. The average Bonchev–Trinajstić information content (AvgIpc) is 3.19. The lowest BCUT2D eigenvalue weighted by Gasteiger charge is -2.09. The van der Waals surface area contributed by atoms with Gasteiger partial charge in [0.1, 0.15) is 12.4 Å². The largest absolute Gasteiger partial charge is 0.484 e. The van der Waals surface area contributed by atoms with Gasteiger partial charge in [-0.3, -0.25) is 4.79 Å². The molecule has 4 aromatic rings. The van der Waals surface area contributed by atoms with Crippen molar-refractivity contribution in [3.8, 4) is 23.0 Å². The number of rotatable bonds is 8. The second-order valence-electron chi connectivity index (χ2n) is 6.39. The van der Waals surface area contributed by atoms with E-state index in [1.165, 1.54) is 0 Å². The van der Waals surface area contributed by atoms with Crippen LogP contribution in [0, 0.1) is 0 Å². The van der Waals surface area contributed by atoms with Crippen molar-refractivity contribution in [2.24, 2.45) is 0 Å². The first kappa shape index (κ1) is 20.9. The molecule has 2 aromatic carbocycles. The van der Waals surface area contributed by atoms with Gasteiger partial charge in [-0.25, -0.2) is 0 Å². The van der Waals surface area contributed by atoms with Crippen molar-refractivity contribution in [1.82, 2.24) is 25.1 Å². The zero-order valence-electron chi connectivity index (χ0n) is 16.2. The molecule has 8 nitrogen and oxygen atoms in total. The lowest BCUT2D eigenvalue weighted by molar-refractivity contribution is -0.123. The fourth-order valence-electron chi connectivity index (χ4n) is 2.76. The normalized spacial score (nSPS) is 10.8. The van der Waals surface area contributed by atoms with Crippen molar-refractivity contribution in [3.63, 3.8) is 0 Å². The molecule has 0 radical (unpaired) electrons. The van der Waals surface area contributed by atoms with E-state index in [0.717, 1.165) is 0 Å². The molecular weight excluding hydrogens is 441 g/mol. The number of nitrogens with one attached hydrogen (secondary N) is 1. The number of nitrogens with zero attached hydrogens (tertiary/aromatic N) is 4. The second-order valence-corrected chi connectivity index (χ2v) is 7.23. The van der Waals surface area contributed by atoms with E-state index >= 15 is 0 Å². The topological polar surface area (TPSA) is 90.6 Å². The van der Waals surface area contributed by atoms with E-state index in [1.54, 1.807) is 47.0 Å². The Bertz CT molecular complexity index is 1210. The Balaban J connectivity index is 1.31. The van der Waals surface area contributed by atoms with Gasteiger partial charge >= 0.3 is 0 Å². The summed E-state index contributed by atoms with van der Waals surface area (Å²) >= 11 is 12.1. The van der Waals surface area contributed by atoms with E-state index < -0.39 is 0 Å². The van der Waals surface area contributed by atoms with Gasteiger partial charge in [0.05, 0.1) is 11.6 Å². The Morgan fingerprint density at radius 2 is 1.87 bits per heavy atom. The predicted molar refractivity (Wildman–Crippen MR) is 117 cm³/mol. The smallest absolute Gasteiger partial charge is 0.258 e. The van der Waals surface area contributed by atoms with Crippen molar-refractivity contribution in [3.05, 3.63) is 70.7 Å². The Hall–Kier alpha value is -3.36. The SMILES string of the molecule is O=C(COc1cccc(Cl)c1)NCCOc1ccc2nnc(-c3ccccc3Cl)n2n1. The van der Waals surface area contributed by atoms with Crippen LogP contribution in [0.5, 0.6) is 11.6 Å². The Kier molecular flexibility index (Phi) is 6.49. The van der Waals surface area contributed by atoms with Crippen LogP contribution >= 0.6 is 23.2 Å². The summed E-state index contributed by atoms with van der Waals surface area (Å²) in [6.45, 7) is 0.397. The van der Waals surface area contributed by atoms with Crippen molar-refractivity contribution < 1.29 is 14.3 Å². The summed E-state index contributed by atoms with van der Waals surface area (Å²) in [5.74, 6) is 1.13. The fourth-order valence-corrected chi connectivity index (χ4v) is 3.16. The van der Waals surface area contributed by atoms with Gasteiger partial charge in [-0.05, 0) is 36.4 Å². The summed E-state index contributed by atoms with van der Waals surface area (Å²) < 4.78 is 12.6. The first-order chi connectivity index (χ1) is 15.1. The van der Waals surface area contributed by atoms with Crippen molar-refractivity contribution >= 4 is 34.8 Å². The van der Waals surface area contributed by atoms with E-state index in [2.05, 4.69) is 20.6 Å². The zero-order chi connectivity index (χ0) is 21.6. The number of amides is 1. The van der Waals surface area contributed by atoms with Gasteiger partial charge in [-0.1, -0.05) is 41.4 Å². The van der Waals surface area contributed by atoms with E-state index in [1.807, 2.05) is 18.2 Å². The molecule has 0 unspecified atom stereocenters. The number of carbonyl (C=O) groups is 1. The number of ether oxygens (including phenoxy) is 2. The van der Waals surface area contributed by atoms with Crippen LogP contribution in [0.25, 0.3) is 17.0 Å². The maximum absolute atomic E-state index is 11.9. The van der Waals surface area contributed by atoms with Crippen molar-refractivity contribution in [2.45, 2.75) is 0 Å². The Morgan fingerprint density at radius 3 is 2.71 bits per heavy atom. The van der Waals surface area contributed by atoms with Crippen LogP contribution in [0.4, 0.5) is 0 Å². The number of benzene rings is 2. The molecule has 0 bridgehead atoms. The van der Waals surface area contributed by atoms with Gasteiger partial charge in [-0.2, -0.15) is 4.52 Å². The number of fused-ring (bicyclic) bond motifs is 1. The van der Waals surface area contributed by atoms with Gasteiger partial charge in [-0.15, -0.1) is 15.3 Å². The van der Waals surface area contributed by atoms with Crippen LogP contribution in [-0.4, -0.2) is 45.5 Å². The summed E-state index contributed by atoms with van der Waals surface area (Å²) in [6.07, 6.45) is 0. The quantitative estimate of drug-likeness (QED) is 0.406. The molecule has 0 spiro atoms. The average molecular weight is 458 g/mol. The van der Waals surface area contributed by atoms with E-state index in [0.29, 0.717) is 38.7 Å². The van der Waals surface area contributed by atoms with Crippen LogP contribution in [0.3, 0.4) is 0 Å². The van der Waals surface area contributed by atoms with Crippen LogP contribution in [-0.2, 0) is 4.79 Å². The Morgan fingerprint density at radius 1 is 1.00 bits per heavy atom. The van der Waals surface area contributed by atoms with Crippen LogP contribution < -0.4 is 14.8 Å². The summed E-state index contributed by atoms with van der Waals surface area (Å²) in [6, 6.07) is 17.6. The molecular formula is C21H17Cl2N5O3. The molecule has 0 fully saturated rings. The van der Waals surface area contributed by atoms with Gasteiger partial charge in [0.25, 0.3) is 5.91 Å². The number of hydrogen-bond acceptors (Lipinski definition) is 6. The summed E-state index contributed by atoms with van der Waals surface area (Å²) in [5, 5.41) is 16.5. The third kappa shape index (κ3) is 5.22. The highest BCUT2D eigenvalue weighted by Crippen LogP contribution is 2.26. The number of carbonyl (C=O) groups excluding carboxylic acids is 1. The number of hydrogen-bond donors (Lipinski definition) is 1. The van der Waals surface area contributed by atoms with Gasteiger partial charge < -0.3 is 14.8 Å². The van der Waals surface area contributed by atoms with Crippen LogP contribution in [0.15, 0.2) is 60.7 Å². The molecule has 0 saturated carbocycles. The molecule has 1 amide bonds.